The van der Waals surface area contributed by atoms with Gasteiger partial charge in [0.2, 0.25) is 10.0 Å². The van der Waals surface area contributed by atoms with Crippen LogP contribution in [0.1, 0.15) is 18.9 Å². The van der Waals surface area contributed by atoms with Crippen molar-refractivity contribution in [3.05, 3.63) is 34.9 Å². The molecule has 0 bridgehead atoms. The van der Waals surface area contributed by atoms with Gasteiger partial charge in [0.25, 0.3) is 0 Å². The molecule has 0 spiro atoms. The second-order valence-electron chi connectivity index (χ2n) is 5.03. The molecule has 2 rings (SSSR count). The summed E-state index contributed by atoms with van der Waals surface area (Å²) in [7, 11) is -3.34. The fourth-order valence-corrected chi connectivity index (χ4v) is 4.30. The van der Waals surface area contributed by atoms with Crippen LogP contribution < -0.4 is 0 Å². The summed E-state index contributed by atoms with van der Waals surface area (Å²) in [5, 5.41) is 0.497. The SMILES string of the molecule is CCN(C[C@@H]1CCOC1)S(=O)(=O)Cc1ccccc1Cl. The normalized spacial score (nSPS) is 19.6. The van der Waals surface area contributed by atoms with Crippen molar-refractivity contribution in [2.75, 3.05) is 26.3 Å². The predicted octanol–water partition coefficient (Wildman–Crippen LogP) is 2.53. The van der Waals surface area contributed by atoms with Crippen molar-refractivity contribution < 1.29 is 13.2 Å². The van der Waals surface area contributed by atoms with Gasteiger partial charge in [-0.15, -0.1) is 0 Å². The first-order valence-corrected chi connectivity index (χ1v) is 8.80. The number of hydrogen-bond donors (Lipinski definition) is 0. The predicted molar refractivity (Wildman–Crippen MR) is 80.2 cm³/mol. The van der Waals surface area contributed by atoms with E-state index in [0.29, 0.717) is 36.2 Å². The molecule has 4 nitrogen and oxygen atoms in total. The van der Waals surface area contributed by atoms with Gasteiger partial charge in [-0.05, 0) is 24.0 Å². The largest absolute Gasteiger partial charge is 0.381 e. The van der Waals surface area contributed by atoms with Gasteiger partial charge in [0.1, 0.15) is 0 Å². The van der Waals surface area contributed by atoms with Gasteiger partial charge in [0, 0.05) is 24.7 Å². The fourth-order valence-electron chi connectivity index (χ4n) is 2.36. The van der Waals surface area contributed by atoms with Crippen molar-refractivity contribution >= 4 is 21.6 Å². The zero-order valence-electron chi connectivity index (χ0n) is 11.6. The summed E-state index contributed by atoms with van der Waals surface area (Å²) in [6.07, 6.45) is 0.929. The van der Waals surface area contributed by atoms with E-state index in [0.717, 1.165) is 13.0 Å². The summed E-state index contributed by atoms with van der Waals surface area (Å²) < 4.78 is 31.8. The smallest absolute Gasteiger partial charge is 0.218 e. The molecule has 1 atom stereocenters. The van der Waals surface area contributed by atoms with Crippen LogP contribution in [0.4, 0.5) is 0 Å². The minimum Gasteiger partial charge on any atom is -0.381 e. The molecule has 0 aliphatic carbocycles. The third kappa shape index (κ3) is 3.95. The van der Waals surface area contributed by atoms with E-state index >= 15 is 0 Å². The molecule has 0 amide bonds. The Balaban J connectivity index is 2.08. The highest BCUT2D eigenvalue weighted by molar-refractivity contribution is 7.88. The first-order valence-electron chi connectivity index (χ1n) is 6.82. The molecule has 0 unspecified atom stereocenters. The lowest BCUT2D eigenvalue weighted by Gasteiger charge is -2.23. The number of rotatable bonds is 6. The molecule has 1 saturated heterocycles. The monoisotopic (exact) mass is 317 g/mol. The Kier molecular flexibility index (Phi) is 5.43. The zero-order valence-corrected chi connectivity index (χ0v) is 13.2. The van der Waals surface area contributed by atoms with Crippen LogP contribution in [-0.4, -0.2) is 39.0 Å². The third-order valence-electron chi connectivity index (χ3n) is 3.53. The lowest BCUT2D eigenvalue weighted by atomic mass is 10.1. The van der Waals surface area contributed by atoms with Crippen molar-refractivity contribution in [2.45, 2.75) is 19.1 Å². The maximum atomic E-state index is 12.5. The number of hydrogen-bond acceptors (Lipinski definition) is 3. The van der Waals surface area contributed by atoms with E-state index in [1.54, 1.807) is 24.3 Å². The van der Waals surface area contributed by atoms with E-state index in [9.17, 15) is 8.42 Å². The van der Waals surface area contributed by atoms with Crippen LogP contribution in [-0.2, 0) is 20.5 Å². The van der Waals surface area contributed by atoms with Crippen LogP contribution in [0.2, 0.25) is 5.02 Å². The molecule has 1 aromatic carbocycles. The van der Waals surface area contributed by atoms with Crippen molar-refractivity contribution in [1.82, 2.24) is 4.31 Å². The Morgan fingerprint density at radius 1 is 1.40 bits per heavy atom. The van der Waals surface area contributed by atoms with Gasteiger partial charge in [-0.1, -0.05) is 36.7 Å². The standard InChI is InChI=1S/C14H20ClNO3S/c1-2-16(9-12-7-8-19-10-12)20(17,18)11-13-5-3-4-6-14(13)15/h3-6,12H,2,7-11H2,1H3/t12-/m0/s1. The van der Waals surface area contributed by atoms with Gasteiger partial charge in [-0.25, -0.2) is 12.7 Å². The maximum absolute atomic E-state index is 12.5. The second kappa shape index (κ2) is 6.89. The summed E-state index contributed by atoms with van der Waals surface area (Å²) in [5.74, 6) is 0.254. The molecule has 0 saturated carbocycles. The Labute approximate surface area is 125 Å². The first kappa shape index (κ1) is 15.8. The molecule has 20 heavy (non-hydrogen) atoms. The van der Waals surface area contributed by atoms with Crippen molar-refractivity contribution in [3.8, 4) is 0 Å². The molecule has 112 valence electrons. The molecular formula is C14H20ClNO3S. The molecule has 1 fully saturated rings. The Morgan fingerprint density at radius 3 is 2.75 bits per heavy atom. The quantitative estimate of drug-likeness (QED) is 0.810. The highest BCUT2D eigenvalue weighted by Crippen LogP contribution is 2.21. The molecule has 0 radical (unpaired) electrons. The van der Waals surface area contributed by atoms with Gasteiger partial charge in [-0.3, -0.25) is 0 Å². The van der Waals surface area contributed by atoms with Crippen molar-refractivity contribution in [2.24, 2.45) is 5.92 Å². The van der Waals surface area contributed by atoms with E-state index in [2.05, 4.69) is 0 Å². The molecule has 0 N–H and O–H groups in total. The van der Waals surface area contributed by atoms with Gasteiger partial charge < -0.3 is 4.74 Å². The Bertz CT molecular complexity index is 541. The lowest BCUT2D eigenvalue weighted by Crippen LogP contribution is -2.36. The highest BCUT2D eigenvalue weighted by atomic mass is 35.5. The van der Waals surface area contributed by atoms with Crippen LogP contribution in [0.5, 0.6) is 0 Å². The summed E-state index contributed by atoms with van der Waals surface area (Å²) in [5.41, 5.74) is 0.648. The van der Waals surface area contributed by atoms with Gasteiger partial charge in [0.05, 0.1) is 12.4 Å². The van der Waals surface area contributed by atoms with Crippen LogP contribution in [0.25, 0.3) is 0 Å². The topological polar surface area (TPSA) is 46.6 Å². The van der Waals surface area contributed by atoms with Crippen LogP contribution in [0.3, 0.4) is 0 Å². The summed E-state index contributed by atoms with van der Waals surface area (Å²) in [6, 6.07) is 7.07. The maximum Gasteiger partial charge on any atom is 0.218 e. The molecule has 1 heterocycles. The zero-order chi connectivity index (χ0) is 14.6. The summed E-state index contributed by atoms with van der Waals surface area (Å²) in [4.78, 5) is 0. The van der Waals surface area contributed by atoms with E-state index in [-0.39, 0.29) is 5.75 Å². The minimum atomic E-state index is -3.34. The number of halogens is 1. The van der Waals surface area contributed by atoms with Crippen LogP contribution in [0, 0.1) is 5.92 Å². The van der Waals surface area contributed by atoms with E-state index in [1.165, 1.54) is 4.31 Å². The molecule has 1 aliphatic rings. The average molecular weight is 318 g/mol. The van der Waals surface area contributed by atoms with Gasteiger partial charge in [0.15, 0.2) is 0 Å². The van der Waals surface area contributed by atoms with Gasteiger partial charge >= 0.3 is 0 Å². The summed E-state index contributed by atoms with van der Waals surface area (Å²) in [6.45, 7) is 4.25. The Morgan fingerprint density at radius 2 is 2.15 bits per heavy atom. The van der Waals surface area contributed by atoms with E-state index in [1.807, 2.05) is 6.92 Å². The second-order valence-corrected chi connectivity index (χ2v) is 7.40. The number of benzene rings is 1. The average Bonchev–Trinajstić information content (AvgIpc) is 2.91. The third-order valence-corrected chi connectivity index (χ3v) is 5.77. The number of ether oxygens (including phenoxy) is 1. The van der Waals surface area contributed by atoms with Crippen molar-refractivity contribution in [3.63, 3.8) is 0 Å². The molecular weight excluding hydrogens is 298 g/mol. The molecule has 0 aromatic heterocycles. The summed E-state index contributed by atoms with van der Waals surface area (Å²) >= 11 is 6.05. The van der Waals surface area contributed by atoms with Crippen LogP contribution in [0.15, 0.2) is 24.3 Å². The lowest BCUT2D eigenvalue weighted by molar-refractivity contribution is 0.181. The number of nitrogens with zero attached hydrogens (tertiary/aromatic N) is 1. The first-order chi connectivity index (χ1) is 9.53. The van der Waals surface area contributed by atoms with E-state index < -0.39 is 10.0 Å². The van der Waals surface area contributed by atoms with E-state index in [4.69, 9.17) is 16.3 Å². The minimum absolute atomic E-state index is 0.0475. The fraction of sp³-hybridized carbons (Fsp3) is 0.571. The Hall–Kier alpha value is -0.620. The highest BCUT2D eigenvalue weighted by Gasteiger charge is 2.26. The molecule has 1 aromatic rings. The molecule has 6 heteroatoms. The number of sulfonamides is 1. The molecule has 1 aliphatic heterocycles. The van der Waals surface area contributed by atoms with Gasteiger partial charge in [-0.2, -0.15) is 0 Å². The van der Waals surface area contributed by atoms with Crippen LogP contribution >= 0.6 is 11.6 Å². The van der Waals surface area contributed by atoms with Crippen molar-refractivity contribution in [1.29, 1.82) is 0 Å².